The number of hydrogen-bond donors (Lipinski definition) is 2. The number of nitrogens with one attached hydrogen (secondary N) is 2. The minimum atomic E-state index is -0.665. The van der Waals surface area contributed by atoms with Gasteiger partial charge in [0.1, 0.15) is 11.5 Å². The normalized spacial score (nSPS) is 10.9. The van der Waals surface area contributed by atoms with Crippen molar-refractivity contribution >= 4 is 39.4 Å². The molecule has 6 nitrogen and oxygen atoms in total. The number of carbonyl (C=O) groups excluding carboxylic acids is 2. The number of para-hydroxylation sites is 2. The minimum absolute atomic E-state index is 0.00608. The number of methoxy groups -OCH3 is 1. The Morgan fingerprint density at radius 2 is 1.81 bits per heavy atom. The third-order valence-corrected chi connectivity index (χ3v) is 4.23. The van der Waals surface area contributed by atoms with Crippen molar-refractivity contribution in [3.8, 4) is 0 Å². The molecule has 0 spiro atoms. The second-order valence-electron chi connectivity index (χ2n) is 5.87. The molecule has 0 unspecified atom stereocenters. The molecule has 2 N–H and O–H groups in total. The molecule has 0 aliphatic heterocycles. The highest BCUT2D eigenvalue weighted by atomic mass is 19.1. The summed E-state index contributed by atoms with van der Waals surface area (Å²) in [5.41, 5.74) is 1.24. The number of esters is 1. The van der Waals surface area contributed by atoms with Gasteiger partial charge in [-0.15, -0.1) is 0 Å². The van der Waals surface area contributed by atoms with Crippen LogP contribution in [-0.2, 0) is 4.74 Å². The quantitative estimate of drug-likeness (QED) is 0.541. The number of carbonyl (C=O) groups is 2. The molecule has 4 rings (SSSR count). The van der Waals surface area contributed by atoms with Crippen molar-refractivity contribution in [3.05, 3.63) is 71.8 Å². The Labute approximate surface area is 153 Å². The van der Waals surface area contributed by atoms with E-state index in [1.807, 2.05) is 24.3 Å². The monoisotopic (exact) mass is 363 g/mol. The van der Waals surface area contributed by atoms with E-state index in [0.717, 1.165) is 10.9 Å². The Hall–Kier alpha value is -3.74. The Morgan fingerprint density at radius 1 is 1.07 bits per heavy atom. The maximum absolute atomic E-state index is 13.9. The molecule has 0 fully saturated rings. The number of fused-ring (bicyclic) bond motifs is 3. The molecule has 7 heteroatoms. The van der Waals surface area contributed by atoms with Gasteiger partial charge in [0.05, 0.1) is 18.3 Å². The van der Waals surface area contributed by atoms with Crippen LogP contribution in [0.2, 0.25) is 0 Å². The summed E-state index contributed by atoms with van der Waals surface area (Å²) < 4.78 is 18.6. The van der Waals surface area contributed by atoms with Crippen LogP contribution in [0.25, 0.3) is 21.8 Å². The van der Waals surface area contributed by atoms with Gasteiger partial charge >= 0.3 is 5.97 Å². The van der Waals surface area contributed by atoms with E-state index in [9.17, 15) is 14.0 Å². The van der Waals surface area contributed by atoms with Crippen molar-refractivity contribution in [2.45, 2.75) is 0 Å². The lowest BCUT2D eigenvalue weighted by atomic mass is 10.1. The third-order valence-electron chi connectivity index (χ3n) is 4.23. The molecular weight excluding hydrogens is 349 g/mol. The van der Waals surface area contributed by atoms with E-state index in [-0.39, 0.29) is 17.1 Å². The summed E-state index contributed by atoms with van der Waals surface area (Å²) in [5.74, 6) is -1.87. The number of pyridine rings is 1. The average Bonchev–Trinajstić information content (AvgIpc) is 3.07. The maximum Gasteiger partial charge on any atom is 0.356 e. The summed E-state index contributed by atoms with van der Waals surface area (Å²) in [6.45, 7) is 0. The zero-order valence-electron chi connectivity index (χ0n) is 14.2. The zero-order chi connectivity index (χ0) is 19.0. The lowest BCUT2D eigenvalue weighted by Crippen LogP contribution is -2.17. The first-order chi connectivity index (χ1) is 13.1. The van der Waals surface area contributed by atoms with E-state index < -0.39 is 17.7 Å². The van der Waals surface area contributed by atoms with Gasteiger partial charge in [-0.2, -0.15) is 0 Å². The van der Waals surface area contributed by atoms with Gasteiger partial charge in [-0.25, -0.2) is 14.2 Å². The molecule has 0 aliphatic carbocycles. The van der Waals surface area contributed by atoms with Crippen molar-refractivity contribution in [2.75, 3.05) is 12.4 Å². The van der Waals surface area contributed by atoms with Gasteiger partial charge in [0.25, 0.3) is 5.91 Å². The number of halogens is 1. The molecule has 2 aromatic carbocycles. The smallest absolute Gasteiger partial charge is 0.356 e. The number of anilines is 1. The van der Waals surface area contributed by atoms with Crippen LogP contribution in [0.5, 0.6) is 0 Å². The van der Waals surface area contributed by atoms with Crippen LogP contribution in [0, 0.1) is 5.82 Å². The summed E-state index contributed by atoms with van der Waals surface area (Å²) in [5, 5.41) is 3.98. The van der Waals surface area contributed by atoms with Crippen molar-refractivity contribution in [3.63, 3.8) is 0 Å². The lowest BCUT2D eigenvalue weighted by Gasteiger charge is -2.08. The van der Waals surface area contributed by atoms with E-state index in [1.54, 1.807) is 12.1 Å². The topological polar surface area (TPSA) is 84.1 Å². The molecule has 2 aromatic heterocycles. The van der Waals surface area contributed by atoms with Crippen molar-refractivity contribution < 1.29 is 18.7 Å². The molecular formula is C20H14FN3O3. The molecule has 4 aromatic rings. The van der Waals surface area contributed by atoms with E-state index in [1.165, 1.54) is 25.3 Å². The van der Waals surface area contributed by atoms with Gasteiger partial charge in [-0.1, -0.05) is 30.3 Å². The fourth-order valence-electron chi connectivity index (χ4n) is 2.96. The van der Waals surface area contributed by atoms with Crippen LogP contribution in [0.1, 0.15) is 21.0 Å². The number of benzene rings is 2. The molecule has 0 aliphatic rings. The summed E-state index contributed by atoms with van der Waals surface area (Å²) in [6, 6.07) is 14.8. The number of rotatable bonds is 3. The van der Waals surface area contributed by atoms with Crippen LogP contribution >= 0.6 is 0 Å². The third kappa shape index (κ3) is 2.89. The minimum Gasteiger partial charge on any atom is -0.464 e. The molecule has 0 saturated heterocycles. The fraction of sp³-hybridized carbons (Fsp3) is 0.0500. The van der Waals surface area contributed by atoms with Crippen LogP contribution in [-0.4, -0.2) is 29.0 Å². The Bertz CT molecular complexity index is 1200. The van der Waals surface area contributed by atoms with E-state index in [0.29, 0.717) is 10.9 Å². The first-order valence-electron chi connectivity index (χ1n) is 8.14. The van der Waals surface area contributed by atoms with Crippen LogP contribution in [0.4, 0.5) is 10.1 Å². The van der Waals surface area contributed by atoms with Crippen molar-refractivity contribution in [1.29, 1.82) is 0 Å². The van der Waals surface area contributed by atoms with Crippen molar-refractivity contribution in [2.24, 2.45) is 0 Å². The highest BCUT2D eigenvalue weighted by Gasteiger charge is 2.21. The highest BCUT2D eigenvalue weighted by Crippen LogP contribution is 2.28. The van der Waals surface area contributed by atoms with Gasteiger partial charge in [-0.3, -0.25) is 4.79 Å². The fourth-order valence-corrected chi connectivity index (χ4v) is 2.96. The van der Waals surface area contributed by atoms with Crippen LogP contribution in [0.15, 0.2) is 54.6 Å². The van der Waals surface area contributed by atoms with E-state index in [4.69, 9.17) is 4.74 Å². The highest BCUT2D eigenvalue weighted by molar-refractivity contribution is 6.17. The average molecular weight is 363 g/mol. The summed E-state index contributed by atoms with van der Waals surface area (Å²) in [6.07, 6.45) is 0. The lowest BCUT2D eigenvalue weighted by molar-refractivity contribution is 0.0594. The summed E-state index contributed by atoms with van der Waals surface area (Å²) in [7, 11) is 1.24. The predicted molar refractivity (Wildman–Crippen MR) is 99.3 cm³/mol. The van der Waals surface area contributed by atoms with Gasteiger partial charge < -0.3 is 15.0 Å². The van der Waals surface area contributed by atoms with Crippen molar-refractivity contribution in [1.82, 2.24) is 9.97 Å². The van der Waals surface area contributed by atoms with Gasteiger partial charge in [0, 0.05) is 16.3 Å². The van der Waals surface area contributed by atoms with Gasteiger partial charge in [0.15, 0.2) is 5.69 Å². The van der Waals surface area contributed by atoms with E-state index >= 15 is 0 Å². The molecule has 134 valence electrons. The molecule has 0 atom stereocenters. The number of aromatic amines is 1. The van der Waals surface area contributed by atoms with Gasteiger partial charge in [-0.05, 0) is 24.3 Å². The molecule has 1 amide bonds. The number of ether oxygens (including phenoxy) is 1. The zero-order valence-corrected chi connectivity index (χ0v) is 14.2. The first-order valence-corrected chi connectivity index (χ1v) is 8.14. The number of H-pyrrole nitrogens is 1. The van der Waals surface area contributed by atoms with Gasteiger partial charge in [0.2, 0.25) is 0 Å². The number of hydrogen-bond acceptors (Lipinski definition) is 4. The standard InChI is InChI=1S/C20H14FN3O3/c1-27-20(26)16-10-12-11-6-2-4-8-14(11)22-17(12)18(23-16)19(25)24-15-9-5-3-7-13(15)21/h2-10,22H,1H3,(H,24,25). The summed E-state index contributed by atoms with van der Waals surface area (Å²) in [4.78, 5) is 32.1. The Kier molecular flexibility index (Phi) is 4.04. The number of amides is 1. The molecule has 27 heavy (non-hydrogen) atoms. The second-order valence-corrected chi connectivity index (χ2v) is 5.87. The van der Waals surface area contributed by atoms with Crippen LogP contribution < -0.4 is 5.32 Å². The Morgan fingerprint density at radius 3 is 2.59 bits per heavy atom. The SMILES string of the molecule is COC(=O)c1cc2c([nH]c3ccccc32)c(C(=O)Nc2ccccc2F)n1. The Balaban J connectivity index is 1.91. The van der Waals surface area contributed by atoms with E-state index in [2.05, 4.69) is 15.3 Å². The molecule has 0 saturated carbocycles. The molecule has 0 radical (unpaired) electrons. The number of aromatic nitrogens is 2. The molecule has 2 heterocycles. The first kappa shape index (κ1) is 16.7. The number of nitrogens with zero attached hydrogens (tertiary/aromatic N) is 1. The van der Waals surface area contributed by atoms with Crippen LogP contribution in [0.3, 0.4) is 0 Å². The predicted octanol–water partition coefficient (Wildman–Crippen LogP) is 3.89. The largest absolute Gasteiger partial charge is 0.464 e. The summed E-state index contributed by atoms with van der Waals surface area (Å²) >= 11 is 0. The maximum atomic E-state index is 13.9. The molecule has 0 bridgehead atoms. The second kappa shape index (κ2) is 6.53.